The molecule has 2 aromatic rings. The van der Waals surface area contributed by atoms with Gasteiger partial charge in [-0.15, -0.1) is 0 Å². The average Bonchev–Trinajstić information content (AvgIpc) is 2.76. The van der Waals surface area contributed by atoms with Gasteiger partial charge in [0, 0.05) is 18.1 Å². The molecule has 0 aliphatic heterocycles. The lowest BCUT2D eigenvalue weighted by atomic mass is 10.0. The number of methoxy groups -OCH3 is 3. The number of benzene rings is 2. The third-order valence-electron chi connectivity index (χ3n) is 4.29. The first kappa shape index (κ1) is 23.7. The average molecular weight is 432 g/mol. The Kier molecular flexibility index (Phi) is 7.98. The van der Waals surface area contributed by atoms with Gasteiger partial charge in [-0.1, -0.05) is 0 Å². The van der Waals surface area contributed by atoms with E-state index in [2.05, 4.69) is 0 Å². The van der Waals surface area contributed by atoms with Crippen LogP contribution in [0, 0.1) is 0 Å². The summed E-state index contributed by atoms with van der Waals surface area (Å²) in [6.45, 7) is 2.00. The van der Waals surface area contributed by atoms with Crippen molar-refractivity contribution in [3.8, 4) is 28.7 Å². The summed E-state index contributed by atoms with van der Waals surface area (Å²) in [7, 11) is 4.08. The largest absolute Gasteiger partial charge is 0.493 e. The summed E-state index contributed by atoms with van der Waals surface area (Å²) in [5, 5.41) is 9.78. The lowest BCUT2D eigenvalue weighted by Gasteiger charge is -2.19. The summed E-state index contributed by atoms with van der Waals surface area (Å²) in [5.41, 5.74) is 0.509. The number of ether oxygens (including phenoxy) is 5. The number of hydrogen-bond acceptors (Lipinski definition) is 9. The molecule has 2 aromatic carbocycles. The van der Waals surface area contributed by atoms with E-state index < -0.39 is 24.5 Å². The second-order valence-corrected chi connectivity index (χ2v) is 6.38. The molecule has 166 valence electrons. The standard InChI is InChI=1S/C22H24O9/c1-12(24)14-6-7-16(17(8-14)27-3)31-20(11-23)21(26)15-9-18(28-4)22(30-13(2)25)19(10-15)29-5/h6-10,20,23H,11H2,1-5H3. The van der Waals surface area contributed by atoms with E-state index in [-0.39, 0.29) is 40.1 Å². The molecular weight excluding hydrogens is 408 g/mol. The maximum absolute atomic E-state index is 13.0. The van der Waals surface area contributed by atoms with Crippen molar-refractivity contribution in [2.45, 2.75) is 20.0 Å². The van der Waals surface area contributed by atoms with Gasteiger partial charge in [0.15, 0.2) is 34.9 Å². The van der Waals surface area contributed by atoms with Crippen molar-refractivity contribution in [1.29, 1.82) is 0 Å². The van der Waals surface area contributed by atoms with E-state index in [1.54, 1.807) is 0 Å². The van der Waals surface area contributed by atoms with Crippen LogP contribution >= 0.6 is 0 Å². The zero-order valence-electron chi connectivity index (χ0n) is 17.9. The Bertz CT molecular complexity index is 956. The number of aliphatic hydroxyl groups is 1. The van der Waals surface area contributed by atoms with Crippen LogP contribution in [0.3, 0.4) is 0 Å². The van der Waals surface area contributed by atoms with Crippen molar-refractivity contribution in [2.24, 2.45) is 0 Å². The first-order chi connectivity index (χ1) is 14.7. The van der Waals surface area contributed by atoms with Crippen molar-refractivity contribution in [1.82, 2.24) is 0 Å². The van der Waals surface area contributed by atoms with E-state index in [9.17, 15) is 19.5 Å². The molecule has 9 heteroatoms. The topological polar surface area (TPSA) is 118 Å². The Labute approximate surface area is 179 Å². The van der Waals surface area contributed by atoms with Crippen molar-refractivity contribution in [2.75, 3.05) is 27.9 Å². The van der Waals surface area contributed by atoms with Crippen LogP contribution in [-0.4, -0.2) is 56.7 Å². The molecule has 0 aliphatic rings. The molecule has 1 N–H and O–H groups in total. The van der Waals surface area contributed by atoms with E-state index >= 15 is 0 Å². The lowest BCUT2D eigenvalue weighted by molar-refractivity contribution is -0.132. The van der Waals surface area contributed by atoms with Crippen molar-refractivity contribution >= 4 is 17.5 Å². The molecule has 0 fully saturated rings. The quantitative estimate of drug-likeness (QED) is 0.343. The van der Waals surface area contributed by atoms with Crippen molar-refractivity contribution in [3.05, 3.63) is 41.5 Å². The van der Waals surface area contributed by atoms with Crippen molar-refractivity contribution < 1.29 is 43.2 Å². The molecule has 31 heavy (non-hydrogen) atoms. The maximum atomic E-state index is 13.0. The zero-order chi connectivity index (χ0) is 23.1. The van der Waals surface area contributed by atoms with E-state index in [4.69, 9.17) is 23.7 Å². The number of aliphatic hydroxyl groups excluding tert-OH is 1. The van der Waals surface area contributed by atoms with Crippen LogP contribution in [-0.2, 0) is 4.79 Å². The number of rotatable bonds is 10. The fourth-order valence-electron chi connectivity index (χ4n) is 2.76. The summed E-state index contributed by atoms with van der Waals surface area (Å²) >= 11 is 0. The minimum atomic E-state index is -1.29. The van der Waals surface area contributed by atoms with Gasteiger partial charge in [-0.05, 0) is 37.3 Å². The van der Waals surface area contributed by atoms with Crippen LogP contribution in [0.15, 0.2) is 30.3 Å². The smallest absolute Gasteiger partial charge is 0.308 e. The molecule has 0 saturated heterocycles. The van der Waals surface area contributed by atoms with Gasteiger partial charge in [0.25, 0.3) is 0 Å². The van der Waals surface area contributed by atoms with Gasteiger partial charge in [0.2, 0.25) is 11.5 Å². The van der Waals surface area contributed by atoms with Gasteiger partial charge in [-0.25, -0.2) is 0 Å². The SMILES string of the molecule is COc1cc(C(C)=O)ccc1OC(CO)C(=O)c1cc(OC)c(OC(C)=O)c(OC)c1. The lowest BCUT2D eigenvalue weighted by Crippen LogP contribution is -2.31. The minimum Gasteiger partial charge on any atom is -0.493 e. The Morgan fingerprint density at radius 1 is 0.839 bits per heavy atom. The second kappa shape index (κ2) is 10.4. The normalized spacial score (nSPS) is 11.3. The zero-order valence-corrected chi connectivity index (χ0v) is 17.9. The van der Waals surface area contributed by atoms with Gasteiger partial charge in [0.05, 0.1) is 27.9 Å². The fraction of sp³-hybridized carbons (Fsp3) is 0.318. The Morgan fingerprint density at radius 3 is 1.84 bits per heavy atom. The van der Waals surface area contributed by atoms with E-state index in [1.807, 2.05) is 0 Å². The van der Waals surface area contributed by atoms with Crippen LogP contribution in [0.25, 0.3) is 0 Å². The van der Waals surface area contributed by atoms with Crippen LogP contribution < -0.4 is 23.7 Å². The van der Waals surface area contributed by atoms with Gasteiger partial charge < -0.3 is 28.8 Å². The highest BCUT2D eigenvalue weighted by Gasteiger charge is 2.26. The van der Waals surface area contributed by atoms with Crippen LogP contribution in [0.4, 0.5) is 0 Å². The second-order valence-electron chi connectivity index (χ2n) is 6.38. The number of carbonyl (C=O) groups is 3. The van der Waals surface area contributed by atoms with Crippen molar-refractivity contribution in [3.63, 3.8) is 0 Å². The Morgan fingerprint density at radius 2 is 1.39 bits per heavy atom. The molecule has 0 saturated carbocycles. The molecule has 0 aromatic heterocycles. The predicted molar refractivity (Wildman–Crippen MR) is 110 cm³/mol. The van der Waals surface area contributed by atoms with Gasteiger partial charge in [-0.3, -0.25) is 14.4 Å². The molecule has 0 spiro atoms. The number of Topliss-reactive ketones (excluding diaryl/α,β-unsaturated/α-hetero) is 2. The highest BCUT2D eigenvalue weighted by Crippen LogP contribution is 2.39. The van der Waals surface area contributed by atoms with Gasteiger partial charge in [0.1, 0.15) is 0 Å². The maximum Gasteiger partial charge on any atom is 0.308 e. The number of carbonyl (C=O) groups excluding carboxylic acids is 3. The van der Waals surface area contributed by atoms with E-state index in [1.165, 1.54) is 65.5 Å². The molecule has 0 heterocycles. The van der Waals surface area contributed by atoms with E-state index in [0.717, 1.165) is 0 Å². The first-order valence-electron chi connectivity index (χ1n) is 9.20. The number of esters is 1. The molecule has 1 unspecified atom stereocenters. The molecule has 0 amide bonds. The van der Waals surface area contributed by atoms with Crippen LogP contribution in [0.1, 0.15) is 34.6 Å². The highest BCUT2D eigenvalue weighted by molar-refractivity contribution is 6.01. The van der Waals surface area contributed by atoms with Crippen LogP contribution in [0.5, 0.6) is 28.7 Å². The Balaban J connectivity index is 2.40. The first-order valence-corrected chi connectivity index (χ1v) is 9.20. The Hall–Kier alpha value is -3.59. The number of ketones is 2. The molecule has 2 rings (SSSR count). The summed E-state index contributed by atoms with van der Waals surface area (Å²) in [6, 6.07) is 7.20. The molecule has 9 nitrogen and oxygen atoms in total. The molecule has 1 atom stereocenters. The van der Waals surface area contributed by atoms with Gasteiger partial charge >= 0.3 is 5.97 Å². The summed E-state index contributed by atoms with van der Waals surface area (Å²) < 4.78 is 26.5. The fourth-order valence-corrected chi connectivity index (χ4v) is 2.76. The minimum absolute atomic E-state index is 0.0250. The highest BCUT2D eigenvalue weighted by atomic mass is 16.6. The molecule has 0 bridgehead atoms. The molecular formula is C22H24O9. The monoisotopic (exact) mass is 432 g/mol. The third-order valence-corrected chi connectivity index (χ3v) is 4.29. The van der Waals surface area contributed by atoms with E-state index in [0.29, 0.717) is 5.56 Å². The molecule has 0 radical (unpaired) electrons. The third kappa shape index (κ3) is 5.52. The van der Waals surface area contributed by atoms with Gasteiger partial charge in [-0.2, -0.15) is 0 Å². The summed E-state index contributed by atoms with van der Waals surface area (Å²) in [4.78, 5) is 36.0. The predicted octanol–water partition coefficient (Wildman–Crippen LogP) is 2.46. The van der Waals surface area contributed by atoms with Crippen LogP contribution in [0.2, 0.25) is 0 Å². The molecule has 0 aliphatic carbocycles. The number of hydrogen-bond donors (Lipinski definition) is 1. The summed E-state index contributed by atoms with van der Waals surface area (Å²) in [5.74, 6) is -0.700. The summed E-state index contributed by atoms with van der Waals surface area (Å²) in [6.07, 6.45) is -1.29.